The summed E-state index contributed by atoms with van der Waals surface area (Å²) in [6.07, 6.45) is 6.55. The van der Waals surface area contributed by atoms with Gasteiger partial charge in [-0.3, -0.25) is 4.79 Å². The Balaban J connectivity index is 1.66. The molecular formula is C24H36N4O4SSi. The maximum Gasteiger partial charge on any atom is 0.269 e. The molecule has 0 saturated heterocycles. The molecule has 0 radical (unpaired) electrons. The Morgan fingerprint density at radius 3 is 2.35 bits per heavy atom. The van der Waals surface area contributed by atoms with Crippen LogP contribution in [0.1, 0.15) is 48.4 Å². The molecule has 34 heavy (non-hydrogen) atoms. The fourth-order valence-corrected chi connectivity index (χ4v) is 6.58. The van der Waals surface area contributed by atoms with E-state index in [0.29, 0.717) is 12.6 Å². The van der Waals surface area contributed by atoms with E-state index in [1.165, 1.54) is 26.9 Å². The quantitative estimate of drug-likeness (QED) is 0.363. The lowest BCUT2D eigenvalue weighted by Crippen LogP contribution is -2.22. The van der Waals surface area contributed by atoms with Crippen LogP contribution >= 0.6 is 0 Å². The molecule has 0 aliphatic heterocycles. The number of nitrogens with one attached hydrogen (secondary N) is 1. The zero-order valence-electron chi connectivity index (χ0n) is 20.7. The maximum atomic E-state index is 12.8. The number of aryl methyl sites for hydroxylation is 2. The molecule has 0 bridgehead atoms. The van der Waals surface area contributed by atoms with E-state index in [2.05, 4.69) is 41.1 Å². The number of benzene rings is 1. The number of hydrogen-bond donors (Lipinski definition) is 1. The minimum absolute atomic E-state index is 0.105. The van der Waals surface area contributed by atoms with Crippen molar-refractivity contribution in [3.8, 4) is 0 Å². The first-order valence-electron chi connectivity index (χ1n) is 12.3. The number of carbonyl (C=O) groups excluding carboxylic acids is 1. The molecule has 0 unspecified atom stereocenters. The highest BCUT2D eigenvalue weighted by molar-refractivity contribution is 7.91. The van der Waals surface area contributed by atoms with Gasteiger partial charge in [0.2, 0.25) is 15.8 Å². The lowest BCUT2D eigenvalue weighted by molar-refractivity contribution is -0.116. The smallest absolute Gasteiger partial charge is 0.269 e. The van der Waals surface area contributed by atoms with Crippen molar-refractivity contribution >= 4 is 35.3 Å². The number of ether oxygens (including phenoxy) is 1. The van der Waals surface area contributed by atoms with Crippen LogP contribution in [0.15, 0.2) is 11.2 Å². The number of nitrogens with zero attached hydrogens (tertiary/aromatic N) is 3. The molecule has 0 amide bonds. The van der Waals surface area contributed by atoms with Gasteiger partial charge in [0.25, 0.3) is 5.16 Å². The predicted molar refractivity (Wildman–Crippen MR) is 135 cm³/mol. The number of anilines is 2. The average molecular weight is 505 g/mol. The van der Waals surface area contributed by atoms with Gasteiger partial charge in [0.1, 0.15) is 18.3 Å². The highest BCUT2D eigenvalue weighted by atomic mass is 32.2. The lowest BCUT2D eigenvalue weighted by atomic mass is 9.99. The van der Waals surface area contributed by atoms with Crippen molar-refractivity contribution in [2.75, 3.05) is 17.7 Å². The van der Waals surface area contributed by atoms with Crippen LogP contribution in [0.25, 0.3) is 0 Å². The van der Waals surface area contributed by atoms with Crippen molar-refractivity contribution in [1.82, 2.24) is 14.8 Å². The van der Waals surface area contributed by atoms with Gasteiger partial charge in [-0.25, -0.2) is 13.1 Å². The van der Waals surface area contributed by atoms with Crippen molar-refractivity contribution in [2.45, 2.75) is 89.4 Å². The number of Topliss-reactive ketones (excluding diaryl/α,β-unsaturated/α-hetero) is 1. The maximum absolute atomic E-state index is 12.8. The van der Waals surface area contributed by atoms with Crippen LogP contribution < -0.4 is 5.32 Å². The minimum Gasteiger partial charge on any atom is -0.359 e. The molecule has 1 heterocycles. The zero-order valence-corrected chi connectivity index (χ0v) is 22.6. The van der Waals surface area contributed by atoms with Gasteiger partial charge in [0.15, 0.2) is 0 Å². The summed E-state index contributed by atoms with van der Waals surface area (Å²) in [5.74, 6) is -0.583. The Kier molecular flexibility index (Phi) is 7.30. The van der Waals surface area contributed by atoms with Gasteiger partial charge in [-0.05, 0) is 66.8 Å². The first-order chi connectivity index (χ1) is 16.1. The largest absolute Gasteiger partial charge is 0.359 e. The first-order valence-corrected chi connectivity index (χ1v) is 17.6. The van der Waals surface area contributed by atoms with E-state index in [9.17, 15) is 13.2 Å². The van der Waals surface area contributed by atoms with Crippen molar-refractivity contribution < 1.29 is 17.9 Å². The molecule has 10 heteroatoms. The Morgan fingerprint density at radius 2 is 1.76 bits per heavy atom. The van der Waals surface area contributed by atoms with E-state index < -0.39 is 23.7 Å². The van der Waals surface area contributed by atoms with Crippen LogP contribution in [-0.4, -0.2) is 49.4 Å². The summed E-state index contributed by atoms with van der Waals surface area (Å²) in [7, 11) is -5.18. The fourth-order valence-electron chi connectivity index (χ4n) is 4.62. The van der Waals surface area contributed by atoms with Gasteiger partial charge in [-0.15, -0.1) is 5.10 Å². The number of rotatable bonds is 11. The third-order valence-electron chi connectivity index (χ3n) is 6.60. The average Bonchev–Trinajstić information content (AvgIpc) is 3.49. The zero-order chi connectivity index (χ0) is 24.5. The van der Waals surface area contributed by atoms with Crippen LogP contribution in [0.2, 0.25) is 25.7 Å². The molecule has 8 nitrogen and oxygen atoms in total. The normalized spacial score (nSPS) is 15.4. The molecule has 4 rings (SSSR count). The third-order valence-corrected chi connectivity index (χ3v) is 9.73. The molecule has 0 spiro atoms. The summed E-state index contributed by atoms with van der Waals surface area (Å²) < 4.78 is 33.0. The van der Waals surface area contributed by atoms with Gasteiger partial charge in [0, 0.05) is 26.8 Å². The van der Waals surface area contributed by atoms with Crippen molar-refractivity contribution in [2.24, 2.45) is 0 Å². The SMILES string of the molecule is CCC(=O)CS(=O)(=O)c1nc(Nc2c3c(cc4c2CCC4)CCC3)n(COCC[Si](C)(C)C)n1. The van der Waals surface area contributed by atoms with Gasteiger partial charge in [-0.2, -0.15) is 4.98 Å². The van der Waals surface area contributed by atoms with Crippen LogP contribution in [0.3, 0.4) is 0 Å². The highest BCUT2D eigenvalue weighted by Crippen LogP contribution is 2.39. The molecule has 0 saturated carbocycles. The monoisotopic (exact) mass is 504 g/mol. The van der Waals surface area contributed by atoms with E-state index in [1.54, 1.807) is 6.92 Å². The van der Waals surface area contributed by atoms with E-state index in [1.807, 2.05) is 0 Å². The Labute approximate surface area is 203 Å². The van der Waals surface area contributed by atoms with Gasteiger partial charge >= 0.3 is 0 Å². The molecule has 186 valence electrons. The number of sulfone groups is 1. The van der Waals surface area contributed by atoms with Gasteiger partial charge < -0.3 is 10.1 Å². The molecule has 0 fully saturated rings. The van der Waals surface area contributed by atoms with E-state index in [0.717, 1.165) is 50.3 Å². The number of hydrogen-bond acceptors (Lipinski definition) is 7. The summed E-state index contributed by atoms with van der Waals surface area (Å²) in [4.78, 5) is 16.2. The standard InChI is InChI=1S/C24H36N4O4SSi/c1-5-19(29)15-33(30,31)24-26-23(28(27-24)16-32-12-13-34(2,3)4)25-22-20-10-6-8-17(20)14-18-9-7-11-21(18)22/h14H,5-13,15-16H2,1-4H3,(H,25,26,27). The second-order valence-corrected chi connectivity index (χ2v) is 18.1. The summed E-state index contributed by atoms with van der Waals surface area (Å²) >= 11 is 0. The molecule has 0 atom stereocenters. The second kappa shape index (κ2) is 9.91. The number of ketones is 1. The Hall–Kier alpha value is -2.04. The van der Waals surface area contributed by atoms with Crippen molar-refractivity contribution in [1.29, 1.82) is 0 Å². The lowest BCUT2D eigenvalue weighted by Gasteiger charge is -2.18. The third kappa shape index (κ3) is 5.60. The molecule has 1 aromatic carbocycles. The van der Waals surface area contributed by atoms with Crippen LogP contribution in [0.4, 0.5) is 11.6 Å². The van der Waals surface area contributed by atoms with Crippen LogP contribution in [0, 0.1) is 0 Å². The minimum atomic E-state index is -3.92. The first kappa shape index (κ1) is 25.1. The van der Waals surface area contributed by atoms with E-state index in [4.69, 9.17) is 4.74 Å². The van der Waals surface area contributed by atoms with Crippen LogP contribution in [-0.2, 0) is 51.8 Å². The Bertz CT molecular complexity index is 1150. The molecule has 1 aromatic heterocycles. The highest BCUT2D eigenvalue weighted by Gasteiger charge is 2.28. The predicted octanol–water partition coefficient (Wildman–Crippen LogP) is 4.06. The topological polar surface area (TPSA) is 103 Å². The Morgan fingerprint density at radius 1 is 1.12 bits per heavy atom. The summed E-state index contributed by atoms with van der Waals surface area (Å²) in [6.45, 7) is 9.19. The molecule has 2 aromatic rings. The summed E-state index contributed by atoms with van der Waals surface area (Å²) in [5, 5.41) is 7.41. The number of fused-ring (bicyclic) bond motifs is 2. The molecule has 1 N–H and O–H groups in total. The number of aromatic nitrogens is 3. The van der Waals surface area contributed by atoms with Crippen LogP contribution in [0.5, 0.6) is 0 Å². The van der Waals surface area contributed by atoms with E-state index in [-0.39, 0.29) is 24.1 Å². The van der Waals surface area contributed by atoms with Crippen molar-refractivity contribution in [3.05, 3.63) is 28.3 Å². The molecule has 2 aliphatic rings. The van der Waals surface area contributed by atoms with Gasteiger partial charge in [-0.1, -0.05) is 32.6 Å². The van der Waals surface area contributed by atoms with E-state index >= 15 is 0 Å². The summed E-state index contributed by atoms with van der Waals surface area (Å²) in [6, 6.07) is 3.35. The molecule has 2 aliphatic carbocycles. The summed E-state index contributed by atoms with van der Waals surface area (Å²) in [5.41, 5.74) is 6.43. The van der Waals surface area contributed by atoms with Gasteiger partial charge in [0.05, 0.1) is 0 Å². The second-order valence-electron chi connectivity index (χ2n) is 10.6. The molecular weight excluding hydrogens is 468 g/mol. The fraction of sp³-hybridized carbons (Fsp3) is 0.625. The number of carbonyl (C=O) groups is 1. The van der Waals surface area contributed by atoms with Crippen molar-refractivity contribution in [3.63, 3.8) is 0 Å².